The van der Waals surface area contributed by atoms with Gasteiger partial charge in [-0.15, -0.1) is 23.1 Å². The molecule has 1 saturated heterocycles. The van der Waals surface area contributed by atoms with E-state index in [2.05, 4.69) is 20.3 Å². The summed E-state index contributed by atoms with van der Waals surface area (Å²) in [6.45, 7) is -0.00909. The average Bonchev–Trinajstić information content (AvgIpc) is 3.07. The van der Waals surface area contributed by atoms with E-state index < -0.39 is 47.7 Å². The predicted octanol–water partition coefficient (Wildman–Crippen LogP) is 0.765. The third-order valence-corrected chi connectivity index (χ3v) is 5.92. The van der Waals surface area contributed by atoms with E-state index in [0.717, 1.165) is 16.2 Å². The Balaban J connectivity index is 1.78. The van der Waals surface area contributed by atoms with Crippen LogP contribution in [0.4, 0.5) is 18.3 Å². The molecule has 3 rings (SSSR count). The number of aliphatic carboxylic acids is 1. The van der Waals surface area contributed by atoms with Crippen molar-refractivity contribution >= 4 is 51.7 Å². The summed E-state index contributed by atoms with van der Waals surface area (Å²) in [6, 6.07) is -1.10. The number of thiazole rings is 1. The number of carboxylic acid groups (broad SMARTS) is 1. The fraction of sp³-hybridized carbons (Fsp3) is 0.400. The number of rotatable bonds is 6. The molecule has 1 aromatic rings. The van der Waals surface area contributed by atoms with E-state index in [4.69, 9.17) is 5.73 Å². The second kappa shape index (κ2) is 8.14. The molecule has 1 aromatic heterocycles. The van der Waals surface area contributed by atoms with Gasteiger partial charge in [-0.1, -0.05) is 5.16 Å². The summed E-state index contributed by atoms with van der Waals surface area (Å²) in [5.41, 5.74) is 4.57. The van der Waals surface area contributed by atoms with Crippen molar-refractivity contribution < 1.29 is 37.5 Å². The summed E-state index contributed by atoms with van der Waals surface area (Å²) in [4.78, 5) is 45.4. The molecular formula is C15H14F3N5O5S2. The van der Waals surface area contributed by atoms with E-state index in [-0.39, 0.29) is 21.8 Å². The molecule has 0 saturated carbocycles. The fourth-order valence-electron chi connectivity index (χ4n) is 2.71. The number of fused-ring (bicyclic) bond motifs is 1. The number of alkyl halides is 3. The minimum atomic E-state index is -4.68. The van der Waals surface area contributed by atoms with Gasteiger partial charge in [-0.25, -0.2) is 9.78 Å². The van der Waals surface area contributed by atoms with E-state index in [1.807, 2.05) is 0 Å². The molecule has 0 aromatic carbocycles. The number of β-lactam (4-membered cyclic amide) rings is 1. The maximum atomic E-state index is 12.6. The normalized spacial score (nSPS) is 23.9. The smallest absolute Gasteiger partial charge is 0.425 e. The van der Waals surface area contributed by atoms with Crippen LogP contribution in [0.2, 0.25) is 0 Å². The number of amides is 2. The molecule has 0 radical (unpaired) electrons. The first kappa shape index (κ1) is 21.9. The zero-order valence-corrected chi connectivity index (χ0v) is 16.7. The number of nitrogen functional groups attached to an aromatic ring is 1. The maximum absolute atomic E-state index is 12.6. The maximum Gasteiger partial charge on any atom is 0.425 e. The highest BCUT2D eigenvalue weighted by Gasteiger charge is 2.54. The van der Waals surface area contributed by atoms with E-state index in [1.165, 1.54) is 23.2 Å². The third kappa shape index (κ3) is 4.51. The summed E-state index contributed by atoms with van der Waals surface area (Å²) in [6.07, 6.45) is -3.26. The molecule has 15 heteroatoms. The fourth-order valence-corrected chi connectivity index (χ4v) is 4.58. The number of carbonyl (C=O) groups excluding carboxylic acids is 2. The molecule has 2 unspecified atom stereocenters. The van der Waals surface area contributed by atoms with Crippen LogP contribution in [0.15, 0.2) is 22.3 Å². The van der Waals surface area contributed by atoms with Crippen LogP contribution in [-0.4, -0.2) is 67.9 Å². The van der Waals surface area contributed by atoms with Crippen LogP contribution in [0.5, 0.6) is 0 Å². The minimum Gasteiger partial charge on any atom is -0.477 e. The number of hydrogen-bond acceptors (Lipinski definition) is 9. The number of nitrogens with one attached hydrogen (secondary N) is 1. The Kier molecular flexibility index (Phi) is 5.94. The van der Waals surface area contributed by atoms with Crippen LogP contribution in [-0.2, 0) is 19.2 Å². The highest BCUT2D eigenvalue weighted by Crippen LogP contribution is 2.40. The number of nitrogens with zero attached hydrogens (tertiary/aromatic N) is 3. The number of halogens is 3. The molecule has 30 heavy (non-hydrogen) atoms. The Bertz CT molecular complexity index is 947. The number of carbonyl (C=O) groups is 3. The monoisotopic (exact) mass is 465 g/mol. The van der Waals surface area contributed by atoms with E-state index in [9.17, 15) is 32.7 Å². The van der Waals surface area contributed by atoms with Crippen molar-refractivity contribution in [1.29, 1.82) is 0 Å². The van der Waals surface area contributed by atoms with Crippen molar-refractivity contribution in [2.24, 2.45) is 5.16 Å². The van der Waals surface area contributed by atoms with E-state index in [1.54, 1.807) is 6.92 Å². The van der Waals surface area contributed by atoms with E-state index in [0.29, 0.717) is 0 Å². The van der Waals surface area contributed by atoms with Crippen LogP contribution in [0.25, 0.3) is 0 Å². The van der Waals surface area contributed by atoms with Crippen molar-refractivity contribution in [2.45, 2.75) is 29.8 Å². The van der Waals surface area contributed by atoms with Gasteiger partial charge in [0.2, 0.25) is 6.61 Å². The van der Waals surface area contributed by atoms with Gasteiger partial charge in [0.05, 0.1) is 0 Å². The largest absolute Gasteiger partial charge is 0.477 e. The standard InChI is InChI=1S/C15H14F3N5O5S2/c1-5-2-7(13(26)27)23-11(25)9(12(23)30-5)21-10(24)8(6-3-29-14(19)20-6)22-28-4-15(16,17)18/h2-3,5,9,12H,4H2,1H3,(H2,19,20)(H,21,24)(H,26,27)/t5?,9?,12-/m1/s1. The molecule has 2 aliphatic heterocycles. The summed E-state index contributed by atoms with van der Waals surface area (Å²) in [5.74, 6) is -2.97. The molecule has 0 bridgehead atoms. The van der Waals surface area contributed by atoms with Gasteiger partial charge in [-0.2, -0.15) is 13.2 Å². The number of thioether (sulfide) groups is 1. The highest BCUT2D eigenvalue weighted by atomic mass is 32.2. The lowest BCUT2D eigenvalue weighted by atomic mass is 10.0. The number of oxime groups is 1. The number of hydrogen-bond donors (Lipinski definition) is 3. The van der Waals surface area contributed by atoms with Gasteiger partial charge in [0.25, 0.3) is 11.8 Å². The van der Waals surface area contributed by atoms with Crippen LogP contribution in [0.1, 0.15) is 12.6 Å². The van der Waals surface area contributed by atoms with E-state index >= 15 is 0 Å². The Hall–Kier alpha value is -2.81. The lowest BCUT2D eigenvalue weighted by Gasteiger charge is -2.49. The minimum absolute atomic E-state index is 0.0418. The summed E-state index contributed by atoms with van der Waals surface area (Å²) >= 11 is 2.17. The average molecular weight is 465 g/mol. The summed E-state index contributed by atoms with van der Waals surface area (Å²) in [7, 11) is 0. The van der Waals surface area contributed by atoms with Crippen molar-refractivity contribution in [3.05, 3.63) is 22.8 Å². The molecule has 0 aliphatic carbocycles. The van der Waals surface area contributed by atoms with Crippen molar-refractivity contribution in [2.75, 3.05) is 12.3 Å². The first-order valence-electron chi connectivity index (χ1n) is 8.20. The molecule has 3 heterocycles. The number of anilines is 1. The van der Waals surface area contributed by atoms with Crippen molar-refractivity contribution in [1.82, 2.24) is 15.2 Å². The number of aromatic nitrogens is 1. The van der Waals surface area contributed by atoms with Crippen LogP contribution in [0.3, 0.4) is 0 Å². The SMILES string of the molecule is CC1C=C(C(=O)O)N2C(=O)C(NC(=O)C(=NOCC(F)(F)F)c3csc(N)n3)[C@H]2S1. The predicted molar refractivity (Wildman–Crippen MR) is 100 cm³/mol. The number of carboxylic acids is 1. The van der Waals surface area contributed by atoms with Gasteiger partial charge >= 0.3 is 12.1 Å². The molecule has 0 spiro atoms. The van der Waals surface area contributed by atoms with Crippen LogP contribution >= 0.6 is 23.1 Å². The van der Waals surface area contributed by atoms with Crippen molar-refractivity contribution in [3.63, 3.8) is 0 Å². The molecule has 4 N–H and O–H groups in total. The molecule has 3 atom stereocenters. The van der Waals surface area contributed by atoms with Gasteiger partial charge in [-0.3, -0.25) is 14.5 Å². The Morgan fingerprint density at radius 2 is 2.17 bits per heavy atom. The van der Waals surface area contributed by atoms with Gasteiger partial charge in [0, 0.05) is 10.6 Å². The quantitative estimate of drug-likeness (QED) is 0.317. The second-order valence-electron chi connectivity index (χ2n) is 6.15. The Morgan fingerprint density at radius 3 is 2.73 bits per heavy atom. The molecule has 2 aliphatic rings. The molecule has 162 valence electrons. The van der Waals surface area contributed by atoms with Gasteiger partial charge < -0.3 is 21.0 Å². The lowest BCUT2D eigenvalue weighted by molar-refractivity contribution is -0.174. The third-order valence-electron chi connectivity index (χ3n) is 3.92. The molecule has 2 amide bonds. The van der Waals surface area contributed by atoms with Crippen LogP contribution in [0, 0.1) is 0 Å². The molecule has 10 nitrogen and oxygen atoms in total. The van der Waals surface area contributed by atoms with Crippen molar-refractivity contribution in [3.8, 4) is 0 Å². The lowest BCUT2D eigenvalue weighted by Crippen LogP contribution is -2.71. The highest BCUT2D eigenvalue weighted by molar-refractivity contribution is 8.00. The topological polar surface area (TPSA) is 147 Å². The first-order valence-corrected chi connectivity index (χ1v) is 10.0. The molecular weight excluding hydrogens is 451 g/mol. The van der Waals surface area contributed by atoms with Crippen LogP contribution < -0.4 is 11.1 Å². The first-order chi connectivity index (χ1) is 14.0. The molecule has 1 fully saturated rings. The Labute approximate surface area is 174 Å². The zero-order chi connectivity index (χ0) is 22.2. The summed E-state index contributed by atoms with van der Waals surface area (Å²) < 4.78 is 37.0. The van der Waals surface area contributed by atoms with Gasteiger partial charge in [0.15, 0.2) is 10.8 Å². The zero-order valence-electron chi connectivity index (χ0n) is 15.0. The van der Waals surface area contributed by atoms with Gasteiger partial charge in [-0.05, 0) is 13.0 Å². The second-order valence-corrected chi connectivity index (χ2v) is 8.54. The van der Waals surface area contributed by atoms with Gasteiger partial charge in [0.1, 0.15) is 22.8 Å². The Morgan fingerprint density at radius 1 is 1.47 bits per heavy atom. The summed E-state index contributed by atoms with van der Waals surface area (Å²) in [5, 5.41) is 15.3. The number of nitrogens with two attached hydrogens (primary N) is 1.